The molecular weight excluding hydrogens is 402 g/mol. The van der Waals surface area contributed by atoms with Gasteiger partial charge in [0.25, 0.3) is 0 Å². The maximum absolute atomic E-state index is 13.9. The van der Waals surface area contributed by atoms with Gasteiger partial charge in [-0.1, -0.05) is 6.07 Å². The molecule has 1 heterocycles. The highest BCUT2D eigenvalue weighted by Crippen LogP contribution is 2.35. The van der Waals surface area contributed by atoms with Crippen molar-refractivity contribution in [2.45, 2.75) is 38.2 Å². The fourth-order valence-electron chi connectivity index (χ4n) is 4.32. The minimum absolute atomic E-state index is 0.168. The predicted molar refractivity (Wildman–Crippen MR) is 115 cm³/mol. The zero-order valence-electron chi connectivity index (χ0n) is 17.8. The molecule has 1 aliphatic heterocycles. The molecule has 2 fully saturated rings. The summed E-state index contributed by atoms with van der Waals surface area (Å²) in [4.78, 5) is 16.4. The van der Waals surface area contributed by atoms with Crippen LogP contribution in [0.2, 0.25) is 0 Å². The van der Waals surface area contributed by atoms with Crippen molar-refractivity contribution in [2.24, 2.45) is 0 Å². The van der Waals surface area contributed by atoms with Gasteiger partial charge < -0.3 is 19.3 Å². The van der Waals surface area contributed by atoms with E-state index in [-0.39, 0.29) is 24.0 Å². The van der Waals surface area contributed by atoms with Gasteiger partial charge in [0, 0.05) is 43.5 Å². The molecule has 0 radical (unpaired) electrons. The molecule has 1 saturated carbocycles. The van der Waals surface area contributed by atoms with Gasteiger partial charge in [-0.3, -0.25) is 4.79 Å². The van der Waals surface area contributed by atoms with E-state index >= 15 is 0 Å². The second-order valence-electron chi connectivity index (χ2n) is 8.10. The number of carbonyl (C=O) groups excluding carboxylic acids is 1. The maximum Gasteiger partial charge on any atom is 0.227 e. The first kappa shape index (κ1) is 21.4. The van der Waals surface area contributed by atoms with E-state index in [9.17, 15) is 13.6 Å². The summed E-state index contributed by atoms with van der Waals surface area (Å²) in [5, 5.41) is 0. The van der Waals surface area contributed by atoms with Gasteiger partial charge in [-0.15, -0.1) is 0 Å². The van der Waals surface area contributed by atoms with Crippen LogP contribution in [0, 0.1) is 11.6 Å². The molecule has 0 spiro atoms. The first-order valence-corrected chi connectivity index (χ1v) is 10.9. The SMILES string of the molecule is COc1ccc(N2CCN(C(=O)Cc3c(F)cccc3F)CC2)cc1OC1CCCC1. The summed E-state index contributed by atoms with van der Waals surface area (Å²) < 4.78 is 39.4. The number of nitrogens with zero attached hydrogens (tertiary/aromatic N) is 2. The molecule has 4 rings (SSSR count). The summed E-state index contributed by atoms with van der Waals surface area (Å²) in [5.74, 6) is -0.152. The molecule has 2 aliphatic rings. The van der Waals surface area contributed by atoms with Gasteiger partial charge in [-0.2, -0.15) is 0 Å². The Morgan fingerprint density at radius 3 is 2.32 bits per heavy atom. The molecule has 2 aromatic carbocycles. The minimum Gasteiger partial charge on any atom is -0.493 e. The smallest absolute Gasteiger partial charge is 0.227 e. The summed E-state index contributed by atoms with van der Waals surface area (Å²) >= 11 is 0. The number of carbonyl (C=O) groups is 1. The van der Waals surface area contributed by atoms with Crippen LogP contribution in [-0.2, 0) is 11.2 Å². The van der Waals surface area contributed by atoms with Crippen molar-refractivity contribution in [1.82, 2.24) is 4.90 Å². The van der Waals surface area contributed by atoms with Gasteiger partial charge in [-0.05, 0) is 49.9 Å². The van der Waals surface area contributed by atoms with Crippen LogP contribution in [0.25, 0.3) is 0 Å². The summed E-state index contributed by atoms with van der Waals surface area (Å²) in [6.45, 7) is 2.28. The highest BCUT2D eigenvalue weighted by Gasteiger charge is 2.25. The van der Waals surface area contributed by atoms with Gasteiger partial charge in [-0.25, -0.2) is 8.78 Å². The second-order valence-corrected chi connectivity index (χ2v) is 8.10. The van der Waals surface area contributed by atoms with Gasteiger partial charge in [0.2, 0.25) is 5.91 Å². The lowest BCUT2D eigenvalue weighted by atomic mass is 10.1. The van der Waals surface area contributed by atoms with E-state index in [4.69, 9.17) is 9.47 Å². The molecule has 0 bridgehead atoms. The Morgan fingerprint density at radius 2 is 1.68 bits per heavy atom. The molecule has 0 atom stereocenters. The summed E-state index contributed by atoms with van der Waals surface area (Å²) in [5.41, 5.74) is 0.847. The van der Waals surface area contributed by atoms with E-state index in [1.165, 1.54) is 31.0 Å². The molecule has 31 heavy (non-hydrogen) atoms. The molecule has 0 unspecified atom stereocenters. The Bertz CT molecular complexity index is 903. The molecular formula is C24H28F2N2O3. The maximum atomic E-state index is 13.9. The fourth-order valence-corrected chi connectivity index (χ4v) is 4.32. The Balaban J connectivity index is 1.38. The molecule has 7 heteroatoms. The third kappa shape index (κ3) is 4.92. The summed E-state index contributed by atoms with van der Waals surface area (Å²) in [6, 6.07) is 9.57. The van der Waals surface area contributed by atoms with Gasteiger partial charge >= 0.3 is 0 Å². The number of piperazine rings is 1. The van der Waals surface area contributed by atoms with Crippen LogP contribution in [0.15, 0.2) is 36.4 Å². The van der Waals surface area contributed by atoms with E-state index in [0.29, 0.717) is 26.2 Å². The first-order valence-electron chi connectivity index (χ1n) is 10.9. The predicted octanol–water partition coefficient (Wildman–Crippen LogP) is 4.19. The average Bonchev–Trinajstić information content (AvgIpc) is 3.29. The van der Waals surface area contributed by atoms with Crippen molar-refractivity contribution in [3.8, 4) is 11.5 Å². The Kier molecular flexibility index (Phi) is 6.59. The van der Waals surface area contributed by atoms with Crippen molar-refractivity contribution >= 4 is 11.6 Å². The number of hydrogen-bond donors (Lipinski definition) is 0. The van der Waals surface area contributed by atoms with Gasteiger partial charge in [0.1, 0.15) is 11.6 Å². The highest BCUT2D eigenvalue weighted by atomic mass is 19.1. The molecule has 166 valence electrons. The standard InChI is InChI=1S/C24H28F2N2O3/c1-30-22-10-9-17(15-23(22)31-18-5-2-3-6-18)27-11-13-28(14-12-27)24(29)16-19-20(25)7-4-8-21(19)26/h4,7-10,15,18H,2-3,5-6,11-14,16H2,1H3. The third-order valence-electron chi connectivity index (χ3n) is 6.13. The zero-order valence-corrected chi connectivity index (χ0v) is 17.8. The van der Waals surface area contributed by atoms with Crippen LogP contribution in [-0.4, -0.2) is 50.2 Å². The molecule has 1 saturated heterocycles. The molecule has 5 nitrogen and oxygen atoms in total. The number of benzene rings is 2. The van der Waals surface area contributed by atoms with Crippen LogP contribution in [0.4, 0.5) is 14.5 Å². The highest BCUT2D eigenvalue weighted by molar-refractivity contribution is 5.79. The number of methoxy groups -OCH3 is 1. The Morgan fingerprint density at radius 1 is 1.00 bits per heavy atom. The number of hydrogen-bond acceptors (Lipinski definition) is 4. The zero-order chi connectivity index (χ0) is 21.8. The summed E-state index contributed by atoms with van der Waals surface area (Å²) in [7, 11) is 1.64. The second kappa shape index (κ2) is 9.54. The first-order chi connectivity index (χ1) is 15.0. The lowest BCUT2D eigenvalue weighted by molar-refractivity contribution is -0.130. The molecule has 0 N–H and O–H groups in total. The van der Waals surface area contributed by atoms with Crippen molar-refractivity contribution in [2.75, 3.05) is 38.2 Å². The van der Waals surface area contributed by atoms with Gasteiger partial charge in [0.05, 0.1) is 19.6 Å². The van der Waals surface area contributed by atoms with Crippen molar-refractivity contribution in [1.29, 1.82) is 0 Å². The molecule has 2 aromatic rings. The number of ether oxygens (including phenoxy) is 2. The minimum atomic E-state index is -0.681. The lowest BCUT2D eigenvalue weighted by Crippen LogP contribution is -2.49. The van der Waals surface area contributed by atoms with Crippen LogP contribution in [0.5, 0.6) is 11.5 Å². The van der Waals surface area contributed by atoms with Crippen LogP contribution >= 0.6 is 0 Å². The van der Waals surface area contributed by atoms with E-state index < -0.39 is 11.6 Å². The van der Waals surface area contributed by atoms with Crippen molar-refractivity contribution in [3.05, 3.63) is 53.6 Å². The molecule has 1 amide bonds. The number of rotatable bonds is 6. The average molecular weight is 430 g/mol. The molecule has 1 aliphatic carbocycles. The lowest BCUT2D eigenvalue weighted by Gasteiger charge is -2.36. The molecule has 0 aromatic heterocycles. The van der Waals surface area contributed by atoms with Crippen molar-refractivity contribution in [3.63, 3.8) is 0 Å². The Hall–Kier alpha value is -2.83. The number of amides is 1. The van der Waals surface area contributed by atoms with E-state index in [0.717, 1.165) is 30.0 Å². The van der Waals surface area contributed by atoms with Crippen LogP contribution in [0.1, 0.15) is 31.2 Å². The van der Waals surface area contributed by atoms with E-state index in [1.54, 1.807) is 12.0 Å². The third-order valence-corrected chi connectivity index (χ3v) is 6.13. The topological polar surface area (TPSA) is 42.0 Å². The number of anilines is 1. The van der Waals surface area contributed by atoms with E-state index in [1.807, 2.05) is 18.2 Å². The number of halogens is 2. The summed E-state index contributed by atoms with van der Waals surface area (Å²) in [6.07, 6.45) is 4.49. The van der Waals surface area contributed by atoms with Crippen molar-refractivity contribution < 1.29 is 23.0 Å². The van der Waals surface area contributed by atoms with Crippen LogP contribution in [0.3, 0.4) is 0 Å². The van der Waals surface area contributed by atoms with Crippen LogP contribution < -0.4 is 14.4 Å². The Labute approximate surface area is 181 Å². The normalized spacial score (nSPS) is 17.1. The largest absolute Gasteiger partial charge is 0.493 e. The monoisotopic (exact) mass is 430 g/mol. The quantitative estimate of drug-likeness (QED) is 0.689. The van der Waals surface area contributed by atoms with E-state index in [2.05, 4.69) is 4.90 Å². The fraction of sp³-hybridized carbons (Fsp3) is 0.458. The van der Waals surface area contributed by atoms with Gasteiger partial charge in [0.15, 0.2) is 11.5 Å².